The number of halogens is 1. The average Bonchev–Trinajstić information content (AvgIpc) is 2.43. The molecule has 2 heteroatoms. The van der Waals surface area contributed by atoms with Gasteiger partial charge >= 0.3 is 0 Å². The van der Waals surface area contributed by atoms with Crippen LogP contribution in [0.15, 0.2) is 22.6 Å². The first-order valence-corrected chi connectivity index (χ1v) is 4.44. The summed E-state index contributed by atoms with van der Waals surface area (Å²) in [6, 6.07) is 4.50. The van der Waals surface area contributed by atoms with Crippen molar-refractivity contribution in [3.8, 4) is 0 Å². The van der Waals surface area contributed by atoms with Crippen LogP contribution in [0.1, 0.15) is 13.8 Å². The van der Waals surface area contributed by atoms with Crippen LogP contribution in [0.3, 0.4) is 0 Å². The molecule has 14 heavy (non-hydrogen) atoms. The van der Waals surface area contributed by atoms with Crippen LogP contribution in [-0.4, -0.2) is 0 Å². The van der Waals surface area contributed by atoms with Gasteiger partial charge < -0.3 is 4.42 Å². The minimum atomic E-state index is -0.286. The van der Waals surface area contributed by atoms with Crippen LogP contribution in [0.2, 0.25) is 0 Å². The maximum Gasteiger partial charge on any atom is 0.138 e. The predicted molar refractivity (Wildman–Crippen MR) is 55.7 cm³/mol. The fourth-order valence-corrected chi connectivity index (χ4v) is 1.53. The molecule has 0 aliphatic heterocycles. The Labute approximate surface area is 81.2 Å². The highest BCUT2D eigenvalue weighted by Gasteiger charge is 2.03. The maximum atomic E-state index is 12.9. The van der Waals surface area contributed by atoms with E-state index in [2.05, 4.69) is 6.58 Å². The fourth-order valence-electron chi connectivity index (χ4n) is 1.53. The lowest BCUT2D eigenvalue weighted by Crippen LogP contribution is -2.19. The van der Waals surface area contributed by atoms with E-state index < -0.39 is 0 Å². The number of hydrogen-bond acceptors (Lipinski definition) is 1. The fraction of sp³-hybridized carbons (Fsp3) is 0.167. The molecule has 1 heterocycles. The zero-order chi connectivity index (χ0) is 10.3. The van der Waals surface area contributed by atoms with Crippen LogP contribution in [0, 0.1) is 5.82 Å². The number of fused-ring (bicyclic) bond motifs is 1. The standard InChI is InChI=1S/C12H11FO/c1-7(2)12-8(3)10-5-4-9(13)6-11(10)14-12/h4-6H,3H2,1-2H3. The molecule has 0 atom stereocenters. The minimum absolute atomic E-state index is 0.286. The third-order valence-electron chi connectivity index (χ3n) is 2.21. The van der Waals surface area contributed by atoms with E-state index in [1.807, 2.05) is 13.8 Å². The molecule has 0 aliphatic carbocycles. The Bertz CT molecular complexity index is 589. The normalized spacial score (nSPS) is 10.8. The van der Waals surface area contributed by atoms with E-state index in [9.17, 15) is 4.39 Å². The lowest BCUT2D eigenvalue weighted by Gasteiger charge is -1.86. The van der Waals surface area contributed by atoms with Crippen molar-refractivity contribution in [2.45, 2.75) is 13.8 Å². The van der Waals surface area contributed by atoms with E-state index >= 15 is 0 Å². The molecule has 0 fully saturated rings. The Morgan fingerprint density at radius 3 is 2.71 bits per heavy atom. The van der Waals surface area contributed by atoms with Crippen LogP contribution >= 0.6 is 0 Å². The number of benzene rings is 1. The van der Waals surface area contributed by atoms with Gasteiger partial charge in [0.25, 0.3) is 0 Å². The molecule has 0 bridgehead atoms. The first-order valence-electron chi connectivity index (χ1n) is 4.44. The van der Waals surface area contributed by atoms with E-state index in [1.54, 1.807) is 6.07 Å². The first kappa shape index (κ1) is 9.00. The van der Waals surface area contributed by atoms with Crippen molar-refractivity contribution in [2.24, 2.45) is 0 Å². The van der Waals surface area contributed by atoms with Gasteiger partial charge in [-0.05, 0) is 31.6 Å². The molecule has 2 rings (SSSR count). The molecule has 72 valence electrons. The van der Waals surface area contributed by atoms with Gasteiger partial charge in [0.05, 0.1) is 0 Å². The molecule has 1 aromatic heterocycles. The summed E-state index contributed by atoms with van der Waals surface area (Å²) < 4.78 is 18.4. The molecule has 0 amide bonds. The number of furan rings is 1. The van der Waals surface area contributed by atoms with Crippen molar-refractivity contribution in [2.75, 3.05) is 0 Å². The van der Waals surface area contributed by atoms with Crippen molar-refractivity contribution in [1.82, 2.24) is 0 Å². The Balaban J connectivity index is 3.02. The molecule has 1 aromatic carbocycles. The average molecular weight is 190 g/mol. The molecule has 0 aliphatic rings. The zero-order valence-electron chi connectivity index (χ0n) is 8.23. The van der Waals surface area contributed by atoms with Crippen molar-refractivity contribution < 1.29 is 8.81 Å². The van der Waals surface area contributed by atoms with Crippen LogP contribution in [0.5, 0.6) is 0 Å². The summed E-state index contributed by atoms with van der Waals surface area (Å²) >= 11 is 0. The second kappa shape index (κ2) is 2.98. The van der Waals surface area contributed by atoms with Crippen molar-refractivity contribution in [3.05, 3.63) is 34.7 Å². The quantitative estimate of drug-likeness (QED) is 0.620. The molecule has 2 aromatic rings. The third kappa shape index (κ3) is 1.23. The SMILES string of the molecule is C=c1c(=C(C)C)oc2cc(F)ccc12. The molecule has 0 saturated heterocycles. The Kier molecular flexibility index (Phi) is 1.92. The largest absolute Gasteiger partial charge is 0.456 e. The first-order chi connectivity index (χ1) is 6.59. The van der Waals surface area contributed by atoms with E-state index in [1.165, 1.54) is 12.1 Å². The highest BCUT2D eigenvalue weighted by atomic mass is 19.1. The second-order valence-electron chi connectivity index (χ2n) is 3.55. The summed E-state index contributed by atoms with van der Waals surface area (Å²) in [7, 11) is 0. The third-order valence-corrected chi connectivity index (χ3v) is 2.21. The molecular formula is C12H11FO. The van der Waals surface area contributed by atoms with Gasteiger partial charge in [-0.15, -0.1) is 0 Å². The Hall–Kier alpha value is -1.57. The summed E-state index contributed by atoms with van der Waals surface area (Å²) in [6.45, 7) is 7.82. The van der Waals surface area contributed by atoms with Gasteiger partial charge in [-0.3, -0.25) is 0 Å². The van der Waals surface area contributed by atoms with E-state index in [-0.39, 0.29) is 5.82 Å². The second-order valence-corrected chi connectivity index (χ2v) is 3.55. The van der Waals surface area contributed by atoms with Crippen LogP contribution in [0.4, 0.5) is 4.39 Å². The summed E-state index contributed by atoms with van der Waals surface area (Å²) in [4.78, 5) is 0. The van der Waals surface area contributed by atoms with Crippen molar-refractivity contribution in [3.63, 3.8) is 0 Å². The van der Waals surface area contributed by atoms with Gasteiger partial charge in [-0.25, -0.2) is 4.39 Å². The summed E-state index contributed by atoms with van der Waals surface area (Å²) in [5.74, 6) is -0.286. The van der Waals surface area contributed by atoms with E-state index in [0.29, 0.717) is 5.58 Å². The zero-order valence-corrected chi connectivity index (χ0v) is 8.23. The highest BCUT2D eigenvalue weighted by molar-refractivity contribution is 5.78. The lowest BCUT2D eigenvalue weighted by molar-refractivity contribution is 0.564. The van der Waals surface area contributed by atoms with Crippen LogP contribution < -0.4 is 10.6 Å². The summed E-state index contributed by atoms with van der Waals surface area (Å²) in [6.07, 6.45) is 0. The topological polar surface area (TPSA) is 13.1 Å². The van der Waals surface area contributed by atoms with Gasteiger partial charge in [0.2, 0.25) is 0 Å². The molecule has 1 nitrogen and oxygen atoms in total. The predicted octanol–water partition coefficient (Wildman–Crippen LogP) is 2.17. The monoisotopic (exact) mass is 190 g/mol. The van der Waals surface area contributed by atoms with Gasteiger partial charge in [0, 0.05) is 16.7 Å². The maximum absolute atomic E-state index is 12.9. The molecular weight excluding hydrogens is 179 g/mol. The van der Waals surface area contributed by atoms with Gasteiger partial charge in [-0.1, -0.05) is 6.58 Å². The highest BCUT2D eigenvalue weighted by Crippen LogP contribution is 2.10. The summed E-state index contributed by atoms with van der Waals surface area (Å²) in [5.41, 5.74) is 2.36. The molecule has 0 unspecified atom stereocenters. The van der Waals surface area contributed by atoms with Gasteiger partial charge in [-0.2, -0.15) is 0 Å². The number of rotatable bonds is 0. The van der Waals surface area contributed by atoms with E-state index in [4.69, 9.17) is 4.42 Å². The number of hydrogen-bond donors (Lipinski definition) is 0. The molecule has 0 N–H and O–H groups in total. The van der Waals surface area contributed by atoms with Gasteiger partial charge in [0.15, 0.2) is 0 Å². The van der Waals surface area contributed by atoms with Crippen LogP contribution in [0.25, 0.3) is 23.1 Å². The molecule has 0 radical (unpaired) electrons. The Morgan fingerprint density at radius 1 is 1.36 bits per heavy atom. The van der Waals surface area contributed by atoms with Gasteiger partial charge in [0.1, 0.15) is 16.8 Å². The minimum Gasteiger partial charge on any atom is -0.456 e. The molecule has 0 saturated carbocycles. The van der Waals surface area contributed by atoms with Crippen molar-refractivity contribution in [1.29, 1.82) is 0 Å². The van der Waals surface area contributed by atoms with E-state index in [0.717, 1.165) is 21.6 Å². The van der Waals surface area contributed by atoms with Crippen LogP contribution in [-0.2, 0) is 0 Å². The molecule has 0 spiro atoms. The smallest absolute Gasteiger partial charge is 0.138 e. The summed E-state index contributed by atoms with van der Waals surface area (Å²) in [5, 5.41) is 1.71. The van der Waals surface area contributed by atoms with Crippen molar-refractivity contribution >= 4 is 23.1 Å². The Morgan fingerprint density at radius 2 is 2.07 bits per heavy atom. The lowest BCUT2D eigenvalue weighted by atomic mass is 10.2.